The number of likely N-dealkylation sites (tertiary alicyclic amines) is 1. The number of nitro benzene ring substituents is 1. The maximum Gasteiger partial charge on any atom is 0.269 e. The minimum absolute atomic E-state index is 0.0147. The van der Waals surface area contributed by atoms with Gasteiger partial charge in [0.1, 0.15) is 0 Å². The molecule has 1 saturated heterocycles. The number of carbonyl (C=O) groups is 1. The van der Waals surface area contributed by atoms with Crippen LogP contribution >= 0.6 is 0 Å². The van der Waals surface area contributed by atoms with Crippen LogP contribution in [0.15, 0.2) is 24.3 Å². The highest BCUT2D eigenvalue weighted by atomic mass is 16.6. The van der Waals surface area contributed by atoms with Gasteiger partial charge < -0.3 is 10.6 Å². The monoisotopic (exact) mass is 291 g/mol. The lowest BCUT2D eigenvalue weighted by Gasteiger charge is -2.36. The number of non-ortho nitro benzene ring substituents is 1. The second-order valence-electron chi connectivity index (χ2n) is 5.56. The molecule has 0 bridgehead atoms. The molecule has 1 heterocycles. The highest BCUT2D eigenvalue weighted by Gasteiger charge is 2.28. The number of carbonyl (C=O) groups excluding carboxylic acids is 1. The van der Waals surface area contributed by atoms with Crippen LogP contribution in [-0.2, 0) is 11.2 Å². The van der Waals surface area contributed by atoms with E-state index in [9.17, 15) is 14.9 Å². The highest BCUT2D eigenvalue weighted by Crippen LogP contribution is 2.20. The molecule has 1 amide bonds. The van der Waals surface area contributed by atoms with Crippen LogP contribution in [0.2, 0.25) is 0 Å². The fraction of sp³-hybridized carbons (Fsp3) is 0.533. The first kappa shape index (κ1) is 15.4. The maximum atomic E-state index is 12.3. The molecule has 21 heavy (non-hydrogen) atoms. The van der Waals surface area contributed by atoms with E-state index in [4.69, 9.17) is 5.73 Å². The molecule has 1 aliphatic rings. The molecule has 1 aromatic carbocycles. The molecule has 0 saturated carbocycles. The van der Waals surface area contributed by atoms with E-state index in [1.54, 1.807) is 12.1 Å². The van der Waals surface area contributed by atoms with Crippen LogP contribution in [0.5, 0.6) is 0 Å². The van der Waals surface area contributed by atoms with Gasteiger partial charge >= 0.3 is 0 Å². The fourth-order valence-electron chi connectivity index (χ4n) is 2.78. The lowest BCUT2D eigenvalue weighted by molar-refractivity contribution is -0.384. The quantitative estimate of drug-likeness (QED) is 0.675. The van der Waals surface area contributed by atoms with E-state index >= 15 is 0 Å². The summed E-state index contributed by atoms with van der Waals surface area (Å²) >= 11 is 0. The number of amides is 1. The molecule has 1 aromatic rings. The average molecular weight is 291 g/mol. The predicted molar refractivity (Wildman–Crippen MR) is 79.8 cm³/mol. The van der Waals surface area contributed by atoms with Crippen molar-refractivity contribution in [3.63, 3.8) is 0 Å². The number of hydrogen-bond acceptors (Lipinski definition) is 4. The van der Waals surface area contributed by atoms with Crippen molar-refractivity contribution in [2.24, 2.45) is 11.7 Å². The van der Waals surface area contributed by atoms with Crippen LogP contribution in [0.4, 0.5) is 5.69 Å². The van der Waals surface area contributed by atoms with Crippen molar-refractivity contribution in [1.29, 1.82) is 0 Å². The zero-order valence-corrected chi connectivity index (χ0v) is 12.2. The van der Waals surface area contributed by atoms with Crippen molar-refractivity contribution < 1.29 is 9.72 Å². The van der Waals surface area contributed by atoms with Gasteiger partial charge in [-0.25, -0.2) is 0 Å². The van der Waals surface area contributed by atoms with Crippen molar-refractivity contribution in [1.82, 2.24) is 4.90 Å². The summed E-state index contributed by atoms with van der Waals surface area (Å²) in [4.78, 5) is 24.5. The third-order valence-electron chi connectivity index (χ3n) is 4.15. The molecule has 1 fully saturated rings. The minimum atomic E-state index is -0.443. The van der Waals surface area contributed by atoms with Crippen molar-refractivity contribution in [3.05, 3.63) is 39.9 Å². The van der Waals surface area contributed by atoms with E-state index < -0.39 is 4.92 Å². The zero-order valence-electron chi connectivity index (χ0n) is 12.2. The number of nitro groups is 1. The molecule has 1 aliphatic heterocycles. The Bertz CT molecular complexity index is 533. The molecule has 2 atom stereocenters. The molecule has 0 radical (unpaired) electrons. The fourth-order valence-corrected chi connectivity index (χ4v) is 2.78. The number of benzene rings is 1. The second-order valence-corrected chi connectivity index (χ2v) is 5.56. The first-order chi connectivity index (χ1) is 10.0. The molecule has 6 heteroatoms. The van der Waals surface area contributed by atoms with Gasteiger partial charge in [-0.3, -0.25) is 14.9 Å². The lowest BCUT2D eigenvalue weighted by atomic mass is 9.90. The Morgan fingerprint density at radius 2 is 2.29 bits per heavy atom. The summed E-state index contributed by atoms with van der Waals surface area (Å²) in [6.45, 7) is 3.44. The Labute approximate surface area is 124 Å². The van der Waals surface area contributed by atoms with Crippen LogP contribution in [-0.4, -0.2) is 34.9 Å². The minimum Gasteiger partial charge on any atom is -0.342 e. The van der Waals surface area contributed by atoms with Gasteiger partial charge in [-0.15, -0.1) is 0 Å². The standard InChI is InChI=1S/C15H21N3O3/c1-2-12-10-17(7-6-14(12)16)15(19)9-11-4-3-5-13(8-11)18(20)21/h3-5,8,12,14H,2,6-7,9-10,16H2,1H3. The Balaban J connectivity index is 2.01. The van der Waals surface area contributed by atoms with Gasteiger partial charge in [0.25, 0.3) is 5.69 Å². The second kappa shape index (κ2) is 6.67. The molecule has 6 nitrogen and oxygen atoms in total. The molecular formula is C15H21N3O3. The van der Waals surface area contributed by atoms with E-state index in [2.05, 4.69) is 6.92 Å². The Hall–Kier alpha value is -1.95. The summed E-state index contributed by atoms with van der Waals surface area (Å²) < 4.78 is 0. The Kier molecular flexibility index (Phi) is 4.90. The normalized spacial score (nSPS) is 22.1. The smallest absolute Gasteiger partial charge is 0.269 e. The topological polar surface area (TPSA) is 89.5 Å². The third kappa shape index (κ3) is 3.78. The first-order valence-electron chi connectivity index (χ1n) is 7.28. The molecule has 114 valence electrons. The molecule has 2 unspecified atom stereocenters. The van der Waals surface area contributed by atoms with Crippen molar-refractivity contribution in [2.45, 2.75) is 32.2 Å². The molecule has 0 aliphatic carbocycles. The number of hydrogen-bond donors (Lipinski definition) is 1. The number of rotatable bonds is 4. The SMILES string of the molecule is CCC1CN(C(=O)Cc2cccc([N+](=O)[O-])c2)CCC1N. The summed E-state index contributed by atoms with van der Waals surface area (Å²) in [6.07, 6.45) is 1.98. The van der Waals surface area contributed by atoms with Gasteiger partial charge in [0, 0.05) is 31.3 Å². The van der Waals surface area contributed by atoms with Crippen molar-refractivity contribution >= 4 is 11.6 Å². The van der Waals surface area contributed by atoms with Crippen LogP contribution in [0.3, 0.4) is 0 Å². The summed E-state index contributed by atoms with van der Waals surface area (Å²) in [7, 11) is 0. The number of nitrogens with zero attached hydrogens (tertiary/aromatic N) is 2. The summed E-state index contributed by atoms with van der Waals surface area (Å²) in [5, 5.41) is 10.8. The zero-order chi connectivity index (χ0) is 15.4. The van der Waals surface area contributed by atoms with Gasteiger partial charge in [-0.05, 0) is 17.9 Å². The van der Waals surface area contributed by atoms with Crippen LogP contribution in [0, 0.1) is 16.0 Å². The van der Waals surface area contributed by atoms with Crippen LogP contribution in [0.25, 0.3) is 0 Å². The van der Waals surface area contributed by atoms with Crippen LogP contribution < -0.4 is 5.73 Å². The van der Waals surface area contributed by atoms with Gasteiger partial charge in [-0.1, -0.05) is 25.5 Å². The largest absolute Gasteiger partial charge is 0.342 e. The summed E-state index contributed by atoms with van der Waals surface area (Å²) in [5.41, 5.74) is 6.74. The van der Waals surface area contributed by atoms with Gasteiger partial charge in [-0.2, -0.15) is 0 Å². The van der Waals surface area contributed by atoms with Gasteiger partial charge in [0.05, 0.1) is 11.3 Å². The summed E-state index contributed by atoms with van der Waals surface area (Å²) in [5.74, 6) is 0.355. The Morgan fingerprint density at radius 3 is 2.95 bits per heavy atom. The van der Waals surface area contributed by atoms with E-state index in [0.29, 0.717) is 24.6 Å². The first-order valence-corrected chi connectivity index (χ1v) is 7.28. The predicted octanol–water partition coefficient (Wildman–Crippen LogP) is 1.72. The van der Waals surface area contributed by atoms with E-state index in [1.165, 1.54) is 12.1 Å². The third-order valence-corrected chi connectivity index (χ3v) is 4.15. The molecule has 0 spiro atoms. The summed E-state index contributed by atoms with van der Waals surface area (Å²) in [6, 6.07) is 6.42. The van der Waals surface area contributed by atoms with Crippen molar-refractivity contribution in [3.8, 4) is 0 Å². The van der Waals surface area contributed by atoms with Crippen molar-refractivity contribution in [2.75, 3.05) is 13.1 Å². The van der Waals surface area contributed by atoms with E-state index in [1.807, 2.05) is 4.90 Å². The van der Waals surface area contributed by atoms with E-state index in [-0.39, 0.29) is 24.1 Å². The number of piperidine rings is 1. The molecule has 2 rings (SSSR count). The maximum absolute atomic E-state index is 12.3. The van der Waals surface area contributed by atoms with Gasteiger partial charge in [0.2, 0.25) is 5.91 Å². The number of nitrogens with two attached hydrogens (primary N) is 1. The van der Waals surface area contributed by atoms with Gasteiger partial charge in [0.15, 0.2) is 0 Å². The highest BCUT2D eigenvalue weighted by molar-refractivity contribution is 5.79. The molecule has 0 aromatic heterocycles. The van der Waals surface area contributed by atoms with E-state index in [0.717, 1.165) is 12.8 Å². The van der Waals surface area contributed by atoms with Crippen LogP contribution in [0.1, 0.15) is 25.3 Å². The Morgan fingerprint density at radius 1 is 1.52 bits per heavy atom. The molecular weight excluding hydrogens is 270 g/mol. The molecule has 2 N–H and O–H groups in total. The average Bonchev–Trinajstić information content (AvgIpc) is 2.47. The lowest BCUT2D eigenvalue weighted by Crippen LogP contribution is -2.49.